The highest BCUT2D eigenvalue weighted by atomic mass is 79.9. The highest BCUT2D eigenvalue weighted by Crippen LogP contribution is 2.36. The Morgan fingerprint density at radius 1 is 1.31 bits per heavy atom. The molecular weight excluding hydrogens is 442 g/mol. The van der Waals surface area contributed by atoms with Crippen LogP contribution < -0.4 is 11.1 Å². The van der Waals surface area contributed by atoms with E-state index in [0.717, 1.165) is 18.2 Å². The van der Waals surface area contributed by atoms with E-state index in [1.807, 2.05) is 0 Å². The molecule has 0 saturated heterocycles. The average molecular weight is 453 g/mol. The predicted octanol–water partition coefficient (Wildman–Crippen LogP) is 5.03. The normalized spacial score (nSPS) is 10.9. The standard InChI is InChI=1S/C16H11BrClF4N3O/c17-14-12(15(26)7-3-6(19)1-2-8(7)18)9(23)4-10(13(14)16(22)24)25-5-11(20)21/h1-4,11,24-25H,5,23H2. The van der Waals surface area contributed by atoms with Gasteiger partial charge in [-0.1, -0.05) is 11.6 Å². The van der Waals surface area contributed by atoms with Gasteiger partial charge in [0.15, 0.2) is 5.78 Å². The molecule has 0 aliphatic rings. The number of nitrogen functional groups attached to an aromatic ring is 1. The van der Waals surface area contributed by atoms with Gasteiger partial charge in [0.25, 0.3) is 6.43 Å². The van der Waals surface area contributed by atoms with E-state index in [4.69, 9.17) is 22.7 Å². The van der Waals surface area contributed by atoms with Gasteiger partial charge in [-0.05, 0) is 40.2 Å². The summed E-state index contributed by atoms with van der Waals surface area (Å²) in [5.41, 5.74) is 4.49. The summed E-state index contributed by atoms with van der Waals surface area (Å²) < 4.78 is 51.7. The molecule has 26 heavy (non-hydrogen) atoms. The first-order valence-corrected chi connectivity index (χ1v) is 8.18. The zero-order valence-electron chi connectivity index (χ0n) is 12.8. The van der Waals surface area contributed by atoms with Crippen molar-refractivity contribution in [3.63, 3.8) is 0 Å². The monoisotopic (exact) mass is 451 g/mol. The number of hydrogen-bond donors (Lipinski definition) is 3. The van der Waals surface area contributed by atoms with Gasteiger partial charge in [0.05, 0.1) is 22.7 Å². The first-order chi connectivity index (χ1) is 12.1. The van der Waals surface area contributed by atoms with E-state index < -0.39 is 36.1 Å². The van der Waals surface area contributed by atoms with E-state index >= 15 is 0 Å². The van der Waals surface area contributed by atoms with Crippen molar-refractivity contribution < 1.29 is 22.4 Å². The summed E-state index contributed by atoms with van der Waals surface area (Å²) in [5, 5.41) is 9.44. The van der Waals surface area contributed by atoms with Gasteiger partial charge >= 0.3 is 0 Å². The van der Waals surface area contributed by atoms with Gasteiger partial charge in [0.1, 0.15) is 5.82 Å². The van der Waals surface area contributed by atoms with Crippen molar-refractivity contribution >= 4 is 50.7 Å². The summed E-state index contributed by atoms with van der Waals surface area (Å²) >= 11 is 8.89. The van der Waals surface area contributed by atoms with Gasteiger partial charge in [0, 0.05) is 21.4 Å². The molecular formula is C16H11BrClF4N3O. The quantitative estimate of drug-likeness (QED) is 0.249. The summed E-state index contributed by atoms with van der Waals surface area (Å²) in [6.07, 6.45) is -2.73. The SMILES string of the molecule is N=C(F)c1c(NCC(F)F)cc(N)c(C(=O)c2cc(F)ccc2Cl)c1Br. The molecule has 0 aromatic heterocycles. The van der Waals surface area contributed by atoms with E-state index in [9.17, 15) is 22.4 Å². The Bertz CT molecular complexity index is 892. The lowest BCUT2D eigenvalue weighted by molar-refractivity contribution is 0.103. The van der Waals surface area contributed by atoms with Crippen molar-refractivity contribution in [2.24, 2.45) is 0 Å². The van der Waals surface area contributed by atoms with Crippen LogP contribution in [0, 0.1) is 11.2 Å². The number of nitrogens with one attached hydrogen (secondary N) is 2. The molecule has 0 unspecified atom stereocenters. The molecule has 0 amide bonds. The number of hydrogen-bond acceptors (Lipinski definition) is 4. The average Bonchev–Trinajstić information content (AvgIpc) is 2.54. The third-order valence-corrected chi connectivity index (χ3v) is 4.49. The van der Waals surface area contributed by atoms with Crippen molar-refractivity contribution in [3.8, 4) is 0 Å². The maximum absolute atomic E-state index is 13.7. The Hall–Kier alpha value is -2.13. The second-order valence-corrected chi connectivity index (χ2v) is 6.32. The number of carbonyl (C=O) groups excluding carboxylic acids is 1. The van der Waals surface area contributed by atoms with E-state index in [1.165, 1.54) is 6.07 Å². The Kier molecular flexibility index (Phi) is 6.25. The first-order valence-electron chi connectivity index (χ1n) is 7.01. The molecule has 0 aliphatic heterocycles. The number of alkyl halides is 2. The molecule has 2 aromatic rings. The van der Waals surface area contributed by atoms with Crippen LogP contribution in [-0.4, -0.2) is 24.7 Å². The molecule has 0 aliphatic carbocycles. The Morgan fingerprint density at radius 3 is 2.54 bits per heavy atom. The van der Waals surface area contributed by atoms with Gasteiger partial charge in [-0.15, -0.1) is 0 Å². The summed E-state index contributed by atoms with van der Waals surface area (Å²) in [5.74, 6) is -3.02. The molecule has 0 spiro atoms. The summed E-state index contributed by atoms with van der Waals surface area (Å²) in [4.78, 5) is 12.7. The lowest BCUT2D eigenvalue weighted by atomic mass is 9.98. The van der Waals surface area contributed by atoms with E-state index in [0.29, 0.717) is 0 Å². The number of carbonyl (C=O) groups is 1. The second-order valence-electron chi connectivity index (χ2n) is 5.12. The molecule has 0 bridgehead atoms. The molecule has 0 fully saturated rings. The molecule has 2 aromatic carbocycles. The molecule has 0 atom stereocenters. The lowest BCUT2D eigenvalue weighted by Crippen LogP contribution is -2.16. The van der Waals surface area contributed by atoms with E-state index in [-0.39, 0.29) is 32.0 Å². The van der Waals surface area contributed by atoms with Crippen LogP contribution in [0.3, 0.4) is 0 Å². The highest BCUT2D eigenvalue weighted by Gasteiger charge is 2.25. The van der Waals surface area contributed by atoms with Gasteiger partial charge < -0.3 is 11.1 Å². The predicted molar refractivity (Wildman–Crippen MR) is 95.8 cm³/mol. The Labute approximate surface area is 159 Å². The van der Waals surface area contributed by atoms with Crippen LogP contribution in [-0.2, 0) is 0 Å². The fourth-order valence-corrected chi connectivity index (χ4v) is 3.25. The van der Waals surface area contributed by atoms with Crippen LogP contribution in [0.4, 0.5) is 28.9 Å². The molecule has 0 heterocycles. The molecule has 10 heteroatoms. The minimum Gasteiger partial charge on any atom is -0.398 e. The molecule has 4 nitrogen and oxygen atoms in total. The topological polar surface area (TPSA) is 79.0 Å². The molecule has 2 rings (SSSR count). The smallest absolute Gasteiger partial charge is 0.255 e. The number of halogens is 6. The zero-order chi connectivity index (χ0) is 19.6. The second kappa shape index (κ2) is 8.05. The molecule has 0 radical (unpaired) electrons. The van der Waals surface area contributed by atoms with E-state index in [2.05, 4.69) is 21.2 Å². The lowest BCUT2D eigenvalue weighted by Gasteiger charge is -2.17. The van der Waals surface area contributed by atoms with Crippen molar-refractivity contribution in [2.45, 2.75) is 6.43 Å². The fraction of sp³-hybridized carbons (Fsp3) is 0.125. The van der Waals surface area contributed by atoms with Crippen molar-refractivity contribution in [2.75, 3.05) is 17.6 Å². The summed E-state index contributed by atoms with van der Waals surface area (Å²) in [6.45, 7) is -0.810. The van der Waals surface area contributed by atoms with Crippen LogP contribution >= 0.6 is 27.5 Å². The molecule has 4 N–H and O–H groups in total. The van der Waals surface area contributed by atoms with Crippen LogP contribution in [0.25, 0.3) is 0 Å². The van der Waals surface area contributed by atoms with Gasteiger partial charge in [-0.25, -0.2) is 13.2 Å². The van der Waals surface area contributed by atoms with Gasteiger partial charge in [0.2, 0.25) is 5.97 Å². The Morgan fingerprint density at radius 2 is 1.96 bits per heavy atom. The minimum atomic E-state index is -2.73. The number of nitrogens with two attached hydrogens (primary N) is 1. The van der Waals surface area contributed by atoms with Crippen LogP contribution in [0.5, 0.6) is 0 Å². The summed E-state index contributed by atoms with van der Waals surface area (Å²) in [7, 11) is 0. The zero-order valence-corrected chi connectivity index (χ0v) is 15.2. The maximum atomic E-state index is 13.7. The van der Waals surface area contributed by atoms with Crippen molar-refractivity contribution in [1.82, 2.24) is 0 Å². The van der Waals surface area contributed by atoms with Crippen LogP contribution in [0.2, 0.25) is 5.02 Å². The third kappa shape index (κ3) is 4.16. The van der Waals surface area contributed by atoms with Crippen LogP contribution in [0.1, 0.15) is 21.5 Å². The molecule has 138 valence electrons. The van der Waals surface area contributed by atoms with Gasteiger partial charge in [-0.2, -0.15) is 4.39 Å². The number of rotatable bonds is 6. The van der Waals surface area contributed by atoms with Crippen molar-refractivity contribution in [3.05, 3.63) is 56.3 Å². The fourth-order valence-electron chi connectivity index (χ4n) is 2.25. The minimum absolute atomic E-state index is 0.0560. The van der Waals surface area contributed by atoms with Crippen LogP contribution in [0.15, 0.2) is 28.7 Å². The number of benzene rings is 2. The number of ketones is 1. The van der Waals surface area contributed by atoms with Gasteiger partial charge in [-0.3, -0.25) is 10.2 Å². The maximum Gasteiger partial charge on any atom is 0.255 e. The highest BCUT2D eigenvalue weighted by molar-refractivity contribution is 9.10. The summed E-state index contributed by atoms with van der Waals surface area (Å²) in [6, 6.07) is 4.17. The first kappa shape index (κ1) is 20.2. The number of anilines is 2. The largest absolute Gasteiger partial charge is 0.398 e. The van der Waals surface area contributed by atoms with E-state index in [1.54, 1.807) is 0 Å². The Balaban J connectivity index is 2.62. The van der Waals surface area contributed by atoms with Crippen molar-refractivity contribution in [1.29, 1.82) is 5.41 Å². The third-order valence-electron chi connectivity index (χ3n) is 3.36. The molecule has 0 saturated carbocycles.